The molecule has 3 aromatic rings. The second-order valence-corrected chi connectivity index (χ2v) is 10.3. The Labute approximate surface area is 178 Å². The number of aromatic nitrogens is 2. The summed E-state index contributed by atoms with van der Waals surface area (Å²) in [5.74, 6) is -0.289. The number of amides is 1. The van der Waals surface area contributed by atoms with Gasteiger partial charge in [-0.25, -0.2) is 13.4 Å². The molecule has 1 aliphatic rings. The summed E-state index contributed by atoms with van der Waals surface area (Å²) in [5.41, 5.74) is 1.04. The standard InChI is InChI=1S/C19H21ClN4O3S2/c1-3-24(19-21-15-10-13(20)6-7-17(15)28-19)18(25)16-11-14(12-22(16)2)29(26,27)23-8-4-5-9-23/h6-7,10-12H,3-5,8-9H2,1-2H3. The van der Waals surface area contributed by atoms with Crippen LogP contribution in [0, 0.1) is 0 Å². The molecule has 1 aromatic carbocycles. The Bertz CT molecular complexity index is 1180. The number of thiazole rings is 1. The van der Waals surface area contributed by atoms with Crippen LogP contribution in [0.25, 0.3) is 10.2 Å². The molecule has 0 aliphatic carbocycles. The highest BCUT2D eigenvalue weighted by Crippen LogP contribution is 2.32. The lowest BCUT2D eigenvalue weighted by molar-refractivity contribution is 0.0980. The predicted octanol–water partition coefficient (Wildman–Crippen LogP) is 3.74. The van der Waals surface area contributed by atoms with E-state index >= 15 is 0 Å². The number of fused-ring (bicyclic) bond motifs is 1. The van der Waals surface area contributed by atoms with Crippen LogP contribution in [0.15, 0.2) is 35.4 Å². The SMILES string of the molecule is CCN(C(=O)c1cc(S(=O)(=O)N2CCCC2)cn1C)c1nc2cc(Cl)ccc2s1. The van der Waals surface area contributed by atoms with Gasteiger partial charge in [0.05, 0.1) is 10.2 Å². The topological polar surface area (TPSA) is 75.5 Å². The van der Waals surface area contributed by atoms with Gasteiger partial charge in [-0.15, -0.1) is 0 Å². The van der Waals surface area contributed by atoms with Gasteiger partial charge in [-0.2, -0.15) is 4.31 Å². The van der Waals surface area contributed by atoms with Gasteiger partial charge in [0.15, 0.2) is 5.13 Å². The average Bonchev–Trinajstić information content (AvgIpc) is 3.41. The monoisotopic (exact) mass is 452 g/mol. The molecule has 154 valence electrons. The second kappa shape index (κ2) is 7.71. The summed E-state index contributed by atoms with van der Waals surface area (Å²) >= 11 is 7.44. The first-order valence-corrected chi connectivity index (χ1v) is 12.0. The molecule has 4 rings (SSSR count). The minimum atomic E-state index is -3.58. The molecule has 1 fully saturated rings. The zero-order chi connectivity index (χ0) is 20.8. The van der Waals surface area contributed by atoms with E-state index in [-0.39, 0.29) is 10.8 Å². The fourth-order valence-corrected chi connectivity index (χ4v) is 6.24. The van der Waals surface area contributed by atoms with Gasteiger partial charge < -0.3 is 4.57 Å². The van der Waals surface area contributed by atoms with Crippen molar-refractivity contribution < 1.29 is 13.2 Å². The third-order valence-electron chi connectivity index (χ3n) is 5.03. The Balaban J connectivity index is 1.68. The first-order valence-electron chi connectivity index (χ1n) is 9.35. The van der Waals surface area contributed by atoms with Gasteiger partial charge in [-0.05, 0) is 44.0 Å². The number of anilines is 1. The van der Waals surface area contributed by atoms with E-state index in [0.717, 1.165) is 23.1 Å². The van der Waals surface area contributed by atoms with E-state index in [1.807, 2.05) is 13.0 Å². The Morgan fingerprint density at radius 1 is 1.28 bits per heavy atom. The van der Waals surface area contributed by atoms with Crippen LogP contribution in [-0.4, -0.2) is 47.8 Å². The van der Waals surface area contributed by atoms with Crippen LogP contribution in [0.3, 0.4) is 0 Å². The normalized spacial score (nSPS) is 15.3. The number of hydrogen-bond acceptors (Lipinski definition) is 5. The largest absolute Gasteiger partial charge is 0.345 e. The number of sulfonamides is 1. The second-order valence-electron chi connectivity index (χ2n) is 6.94. The summed E-state index contributed by atoms with van der Waals surface area (Å²) in [6.45, 7) is 3.32. The maximum absolute atomic E-state index is 13.2. The number of hydrogen-bond donors (Lipinski definition) is 0. The number of rotatable bonds is 5. The summed E-state index contributed by atoms with van der Waals surface area (Å²) < 4.78 is 29.7. The summed E-state index contributed by atoms with van der Waals surface area (Å²) in [5, 5.41) is 1.14. The first-order chi connectivity index (χ1) is 13.8. The van der Waals surface area contributed by atoms with Crippen LogP contribution in [0.2, 0.25) is 5.02 Å². The lowest BCUT2D eigenvalue weighted by Gasteiger charge is -2.17. The number of aryl methyl sites for hydroxylation is 1. The summed E-state index contributed by atoms with van der Waals surface area (Å²) in [4.78, 5) is 19.5. The molecule has 0 radical (unpaired) electrons. The molecule has 0 spiro atoms. The molecule has 1 aliphatic heterocycles. The zero-order valence-electron chi connectivity index (χ0n) is 16.1. The van der Waals surface area contributed by atoms with Gasteiger partial charge in [0.25, 0.3) is 5.91 Å². The molecule has 7 nitrogen and oxygen atoms in total. The van der Waals surface area contributed by atoms with E-state index in [9.17, 15) is 13.2 Å². The van der Waals surface area contributed by atoms with Crippen LogP contribution in [0.4, 0.5) is 5.13 Å². The van der Waals surface area contributed by atoms with E-state index in [1.54, 1.807) is 28.6 Å². The van der Waals surface area contributed by atoms with Crippen molar-refractivity contribution in [2.24, 2.45) is 7.05 Å². The minimum absolute atomic E-state index is 0.150. The van der Waals surface area contributed by atoms with E-state index in [2.05, 4.69) is 4.98 Å². The quantitative estimate of drug-likeness (QED) is 0.591. The summed E-state index contributed by atoms with van der Waals surface area (Å²) in [6, 6.07) is 6.89. The fraction of sp³-hybridized carbons (Fsp3) is 0.368. The molecular formula is C19H21ClN4O3S2. The van der Waals surface area contributed by atoms with E-state index < -0.39 is 10.0 Å². The van der Waals surface area contributed by atoms with Gasteiger partial charge in [0, 0.05) is 37.9 Å². The Morgan fingerprint density at radius 2 is 2.00 bits per heavy atom. The van der Waals surface area contributed by atoms with Crippen LogP contribution in [0.5, 0.6) is 0 Å². The van der Waals surface area contributed by atoms with Crippen molar-refractivity contribution in [3.05, 3.63) is 41.2 Å². The highest BCUT2D eigenvalue weighted by Gasteiger charge is 2.30. The molecule has 29 heavy (non-hydrogen) atoms. The van der Waals surface area contributed by atoms with E-state index in [0.29, 0.717) is 35.5 Å². The summed E-state index contributed by atoms with van der Waals surface area (Å²) in [7, 11) is -1.90. The van der Waals surface area contributed by atoms with E-state index in [1.165, 1.54) is 27.9 Å². The first kappa shape index (κ1) is 20.3. The van der Waals surface area contributed by atoms with Gasteiger partial charge in [0.1, 0.15) is 10.6 Å². The van der Waals surface area contributed by atoms with Crippen LogP contribution < -0.4 is 4.90 Å². The number of carbonyl (C=O) groups is 1. The maximum Gasteiger partial charge on any atom is 0.276 e. The molecule has 0 N–H and O–H groups in total. The number of nitrogens with zero attached hydrogens (tertiary/aromatic N) is 4. The lowest BCUT2D eigenvalue weighted by Crippen LogP contribution is -2.31. The third kappa shape index (κ3) is 3.68. The zero-order valence-corrected chi connectivity index (χ0v) is 18.5. The highest BCUT2D eigenvalue weighted by molar-refractivity contribution is 7.89. The maximum atomic E-state index is 13.2. The molecule has 0 saturated carbocycles. The van der Waals surface area contributed by atoms with Crippen molar-refractivity contribution >= 4 is 54.2 Å². The van der Waals surface area contributed by atoms with Gasteiger partial charge >= 0.3 is 0 Å². The summed E-state index contributed by atoms with van der Waals surface area (Å²) in [6.07, 6.45) is 3.24. The van der Waals surface area contributed by atoms with Crippen molar-refractivity contribution in [3.63, 3.8) is 0 Å². The number of halogens is 1. The van der Waals surface area contributed by atoms with Crippen molar-refractivity contribution in [1.82, 2.24) is 13.9 Å². The molecule has 3 heterocycles. The minimum Gasteiger partial charge on any atom is -0.345 e. The van der Waals surface area contributed by atoms with Crippen molar-refractivity contribution in [2.75, 3.05) is 24.5 Å². The molecule has 2 aromatic heterocycles. The fourth-order valence-electron chi connectivity index (χ4n) is 3.47. The van der Waals surface area contributed by atoms with Crippen LogP contribution >= 0.6 is 22.9 Å². The lowest BCUT2D eigenvalue weighted by atomic mass is 10.3. The smallest absolute Gasteiger partial charge is 0.276 e. The van der Waals surface area contributed by atoms with Crippen molar-refractivity contribution in [2.45, 2.75) is 24.7 Å². The number of carbonyl (C=O) groups excluding carboxylic acids is 1. The molecule has 0 bridgehead atoms. The molecule has 1 amide bonds. The number of benzene rings is 1. The van der Waals surface area contributed by atoms with Gasteiger partial charge in [0.2, 0.25) is 10.0 Å². The Morgan fingerprint density at radius 3 is 2.69 bits per heavy atom. The molecule has 0 atom stereocenters. The van der Waals surface area contributed by atoms with Crippen LogP contribution in [0.1, 0.15) is 30.3 Å². The van der Waals surface area contributed by atoms with E-state index in [4.69, 9.17) is 11.6 Å². The van der Waals surface area contributed by atoms with Gasteiger partial charge in [-0.1, -0.05) is 22.9 Å². The molecule has 10 heteroatoms. The Kier molecular flexibility index (Phi) is 5.41. The molecular weight excluding hydrogens is 432 g/mol. The average molecular weight is 453 g/mol. The Hall–Kier alpha value is -1.94. The van der Waals surface area contributed by atoms with Gasteiger partial charge in [-0.3, -0.25) is 9.69 Å². The predicted molar refractivity (Wildman–Crippen MR) is 115 cm³/mol. The molecule has 0 unspecified atom stereocenters. The highest BCUT2D eigenvalue weighted by atomic mass is 35.5. The molecule has 1 saturated heterocycles. The van der Waals surface area contributed by atoms with Crippen LogP contribution in [-0.2, 0) is 17.1 Å². The van der Waals surface area contributed by atoms with Crippen molar-refractivity contribution in [3.8, 4) is 0 Å². The third-order valence-corrected chi connectivity index (χ3v) is 8.19. The van der Waals surface area contributed by atoms with Crippen molar-refractivity contribution in [1.29, 1.82) is 0 Å².